The summed E-state index contributed by atoms with van der Waals surface area (Å²) in [6.45, 7) is 12.0. The topological polar surface area (TPSA) is 13.0 Å². The summed E-state index contributed by atoms with van der Waals surface area (Å²) in [5, 5.41) is 5.75. The van der Waals surface area contributed by atoms with E-state index in [9.17, 15) is 24.7 Å². The summed E-state index contributed by atoms with van der Waals surface area (Å²) < 4.78 is 387. The summed E-state index contributed by atoms with van der Waals surface area (Å²) in [7, 11) is 0. The third-order valence-corrected chi connectivity index (χ3v) is 19.6. The van der Waals surface area contributed by atoms with Gasteiger partial charge in [0, 0.05) is 119 Å². The molecule has 0 saturated heterocycles. The van der Waals surface area contributed by atoms with Gasteiger partial charge in [-0.2, -0.15) is 0 Å². The van der Waals surface area contributed by atoms with Crippen molar-refractivity contribution in [1.29, 1.82) is 0 Å². The molecule has 0 heterocycles. The van der Waals surface area contributed by atoms with E-state index in [0.717, 1.165) is 55.1 Å². The number of rotatable bonds is 16. The Kier molecular flexibility index (Phi) is 10.4. The molecule has 0 aromatic heterocycles. The van der Waals surface area contributed by atoms with E-state index in [-0.39, 0.29) is 49.7 Å². The molecular weight excluding hydrogens is 1330 g/mol. The van der Waals surface area contributed by atoms with Crippen molar-refractivity contribution in [1.82, 2.24) is 0 Å². The maximum absolute atomic E-state index is 10.5. The SMILES string of the molecule is C(=C\c1ccc(N(c2ccc3ccccc3c2)c2ccc3ccccc3c2)cc1)/c1ccc(N(c2ccc3ccccc3c2)c2ccc3ccccc3c2)cc1.[2HH].[2HH].[2HH].[2H][2H].[2H][2H].[2H][2H].[2H][2H].[2H][2H].[2H][2H].[2H][2H].[2H][2H].[2H][2H].[2H][2H].[2H][2H].[2H][2H].[2H][2H].[2H][2H].[2H][2H].[2H][2H].[2H]c1c(C)c([2H])c(N(c2c([2H])c([2H])c(C(C)C)c([2H])c2[2H])c2c([2H])c3c4c([2H])c([2H])c([2H])c([2H])c4c(N(c4c([2H])c([2H])c(C(C)C)c([2H])c4[2H])c4c([2H])c(C)c([2H])c(C)c4[2H])c([2H])c3c3c([2H])c([2H])c([2H])c([2H])c23)c([2H])c1C. The van der Waals surface area contributed by atoms with Crippen molar-refractivity contribution in [3.05, 3.63) is 408 Å². The molecule has 0 atom stereocenters. The van der Waals surface area contributed by atoms with Crippen LogP contribution in [-0.4, -0.2) is 0 Å². The van der Waals surface area contributed by atoms with Crippen LogP contribution in [0.4, 0.5) is 68.2 Å². The Labute approximate surface area is 734 Å². The lowest BCUT2D eigenvalue weighted by atomic mass is 9.93. The fourth-order valence-electron chi connectivity index (χ4n) is 14.2. The molecule has 0 aliphatic heterocycles. The van der Waals surface area contributed by atoms with Gasteiger partial charge in [-0.15, -0.1) is 0 Å². The van der Waals surface area contributed by atoms with E-state index >= 15 is 0 Å². The number of benzene rings is 18. The Balaban J connectivity index is -0.00000266. The predicted molar refractivity (Wildman–Crippen MR) is 517 cm³/mol. The smallest absolute Gasteiger partial charge is 0.0652 e. The van der Waals surface area contributed by atoms with Crippen LogP contribution in [-0.2, 0) is 0 Å². The van der Waals surface area contributed by atoms with E-state index in [1.165, 1.54) is 70.8 Å². The van der Waals surface area contributed by atoms with Gasteiger partial charge in [-0.25, -0.2) is 0 Å². The van der Waals surface area contributed by atoms with Crippen LogP contribution in [0, 0.1) is 27.7 Å². The van der Waals surface area contributed by atoms with E-state index in [0.29, 0.717) is 0 Å². The Morgan fingerprint density at radius 3 is 0.818 bits per heavy atom. The van der Waals surface area contributed by atoms with Gasteiger partial charge >= 0.3 is 0 Å². The fourth-order valence-corrected chi connectivity index (χ4v) is 14.2. The first-order valence-electron chi connectivity index (χ1n) is 64.6. The molecule has 0 saturated carbocycles. The molecule has 18 rings (SSSR count). The largest absolute Gasteiger partial charge is 0.310 e. The quantitative estimate of drug-likeness (QED) is 0.0706. The minimum atomic E-state index is -0.962. The van der Waals surface area contributed by atoms with Crippen molar-refractivity contribution in [2.24, 2.45) is 0 Å². The average Bonchev–Trinajstić information content (AvgIpc) is 0.678. The monoisotopic (exact) mass is 1510 g/mol. The van der Waals surface area contributed by atoms with Crippen LogP contribution in [0.25, 0.3) is 87.6 Å². The van der Waals surface area contributed by atoms with E-state index in [4.69, 9.17) is 55.7 Å². The molecule has 18 aromatic rings. The Morgan fingerprint density at radius 1 is 0.255 bits per heavy atom. The number of anilines is 12. The van der Waals surface area contributed by atoms with Crippen molar-refractivity contribution in [2.75, 3.05) is 19.6 Å². The average molecular weight is 1520 g/mol. The number of fused-ring (bicyclic) bond motifs is 9. The second-order valence-corrected chi connectivity index (χ2v) is 28.0. The first kappa shape index (κ1) is 38.0. The van der Waals surface area contributed by atoms with Crippen LogP contribution < -0.4 is 19.6 Å². The molecule has 0 N–H and O–H groups in total. The Hall–Kier alpha value is -13.3. The van der Waals surface area contributed by atoms with Gasteiger partial charge in [0.15, 0.2) is 0 Å². The van der Waals surface area contributed by atoms with Gasteiger partial charge in [0.25, 0.3) is 0 Å². The first-order valence-corrected chi connectivity index (χ1v) is 36.6. The Bertz CT molecular complexity index is 7340. The van der Waals surface area contributed by atoms with Crippen LogP contribution in [0.3, 0.4) is 0 Å². The second kappa shape index (κ2) is 30.2. The standard InChI is InChI=1S/C54H38N2.C52H50N2.19H2/c1-5-13-45-35-51(31-23-41(45)9-1)55(52-32-24-42-10-2-6-14-46(42)36-52)49-27-19-39(20-28-49)17-18-40-21-29-50(30-22-40)56(53-33-25-43-11-3-7-15-47(43)37-53)54-34-26-44-12-4-8-16-48(44)38-54;1-33(2)39-17-21-41(22-18-39)53(43-27-35(5)25-36(6)28-43)51-31-49-46-14-10-12-16-48(46)52(32-50(49)45-13-9-11-15-47(45)51)54(44-29-37(7)26-38(8)30-44)42-23-19-40(20-24-42)34(3)4;;;;;;;;;;;;;;;;;;;/h1-38H;9-34H,1-8H3;19*1H/b18-17+;;;;;;;;;;;;;;;;;;;;/i;9D,10D,11D,12D,13D,14D,15D,16D,17D,18D,19D,20D,21D,22D,23D,24D,25D,26D,27D,28D,29D,30D,31D,32D;16*1+1D;3*1+1. The zero-order valence-corrected chi connectivity index (χ0v) is 61.9. The van der Waals surface area contributed by atoms with Gasteiger partial charge in [-0.1, -0.05) is 270 Å². The van der Waals surface area contributed by atoms with Gasteiger partial charge in [-0.05, 0) is 282 Å². The minimum absolute atomic E-state index is 0. The van der Waals surface area contributed by atoms with E-state index in [2.05, 4.69) is 240 Å². The molecule has 18 aromatic carbocycles. The van der Waals surface area contributed by atoms with Crippen molar-refractivity contribution in [2.45, 2.75) is 67.2 Å². The first-order chi connectivity index (χ1) is 79.9. The predicted octanol–water partition coefficient (Wildman–Crippen LogP) is 35.6. The highest BCUT2D eigenvalue weighted by molar-refractivity contribution is 6.25. The van der Waals surface area contributed by atoms with Crippen LogP contribution in [0.15, 0.2) is 363 Å². The van der Waals surface area contributed by atoms with Crippen molar-refractivity contribution in [3.63, 3.8) is 0 Å². The maximum Gasteiger partial charge on any atom is 0.0652 e. The van der Waals surface area contributed by atoms with Crippen molar-refractivity contribution < 1.29 is 84.7 Å². The van der Waals surface area contributed by atoms with Gasteiger partial charge in [-0.3, -0.25) is 0 Å². The van der Waals surface area contributed by atoms with Gasteiger partial charge in [0.1, 0.15) is 0 Å². The molecule has 4 nitrogen and oxygen atoms in total. The van der Waals surface area contributed by atoms with Crippen molar-refractivity contribution >= 4 is 156 Å². The second-order valence-electron chi connectivity index (χ2n) is 28.0. The zero-order chi connectivity index (χ0) is 128. The molecule has 0 radical (unpaired) electrons. The summed E-state index contributed by atoms with van der Waals surface area (Å²) in [5.74, 6) is -1.22. The van der Waals surface area contributed by atoms with Gasteiger partial charge in [0.05, 0.1) is 44.3 Å². The third kappa shape index (κ3) is 14.2. The highest BCUT2D eigenvalue weighted by atomic mass is 15.2. The van der Waals surface area contributed by atoms with Crippen molar-refractivity contribution in [3.8, 4) is 0 Å². The minimum Gasteiger partial charge on any atom is -0.310 e. The lowest BCUT2D eigenvalue weighted by Gasteiger charge is -2.30. The Morgan fingerprint density at radius 2 is 0.527 bits per heavy atom. The summed E-state index contributed by atoms with van der Waals surface area (Å²) >= 11 is 0. The molecule has 0 aliphatic carbocycles. The van der Waals surface area contributed by atoms with Crippen LogP contribution >= 0.6 is 0 Å². The third-order valence-electron chi connectivity index (χ3n) is 19.6. The van der Waals surface area contributed by atoms with E-state index < -0.39 is 211 Å². The van der Waals surface area contributed by atoms with E-state index in [1.54, 1.807) is 27.7 Å². The molecule has 0 aliphatic rings. The van der Waals surface area contributed by atoms with Crippen LogP contribution in [0.1, 0.15) is 169 Å². The maximum atomic E-state index is 10.5. The molecule has 4 heteroatoms. The normalized spacial score (nSPS) is 15.8. The molecule has 0 amide bonds. The molecule has 0 bridgehead atoms. The summed E-state index contributed by atoms with van der Waals surface area (Å²) in [4.78, 5) is 6.30. The number of hydrogen-bond acceptors (Lipinski definition) is 4. The summed E-state index contributed by atoms with van der Waals surface area (Å²) in [6, 6.07) is 60.7. The number of nitrogens with zero attached hydrogens (tertiary/aromatic N) is 4. The number of hydrogen-bond donors (Lipinski definition) is 0. The molecule has 0 spiro atoms. The van der Waals surface area contributed by atoms with Gasteiger partial charge in [0.2, 0.25) is 0 Å². The molecular formula is C106H126N4. The lowest BCUT2D eigenvalue weighted by Crippen LogP contribution is -2.12. The molecule has 0 fully saturated rings. The van der Waals surface area contributed by atoms with Crippen LogP contribution in [0.5, 0.6) is 0 Å². The summed E-state index contributed by atoms with van der Waals surface area (Å²) in [5.41, 5.74) is 4.49. The fraction of sp³-hybridized carbons (Fsp3) is 0.0943. The van der Waals surface area contributed by atoms with Crippen LogP contribution in [0.2, 0.25) is 0 Å². The highest BCUT2D eigenvalue weighted by Crippen LogP contribution is 2.49. The summed E-state index contributed by atoms with van der Waals surface area (Å²) in [6.07, 6.45) is 4.39. The van der Waals surface area contributed by atoms with E-state index in [1.807, 2.05) is 0 Å². The molecule has 110 heavy (non-hydrogen) atoms. The molecule has 570 valence electrons. The zero-order valence-electron chi connectivity index (χ0n) is 118. The highest BCUT2D eigenvalue weighted by Gasteiger charge is 2.24. The molecule has 0 unspecified atom stereocenters. The lowest BCUT2D eigenvalue weighted by molar-refractivity contribution is 0.866. The van der Waals surface area contributed by atoms with Gasteiger partial charge < -0.3 is 19.6 Å².